The van der Waals surface area contributed by atoms with Crippen molar-refractivity contribution < 1.29 is 13.6 Å². The molecule has 0 N–H and O–H groups in total. The quantitative estimate of drug-likeness (QED) is 0.654. The van der Waals surface area contributed by atoms with E-state index in [0.717, 1.165) is 0 Å². The second kappa shape index (κ2) is 3.76. The minimum atomic E-state index is -3.06. The second-order valence-corrected chi connectivity index (χ2v) is 2.32. The SMILES string of the molecule is N#Cc1ccccc1C(=O)C(F)F. The molecule has 0 saturated heterocycles. The summed E-state index contributed by atoms with van der Waals surface area (Å²) in [6.07, 6.45) is -3.06. The summed E-state index contributed by atoms with van der Waals surface area (Å²) >= 11 is 0. The predicted molar refractivity (Wildman–Crippen MR) is 41.5 cm³/mol. The van der Waals surface area contributed by atoms with Crippen LogP contribution < -0.4 is 0 Å². The lowest BCUT2D eigenvalue weighted by Gasteiger charge is -2.00. The first-order valence-electron chi connectivity index (χ1n) is 3.48. The van der Waals surface area contributed by atoms with Crippen LogP contribution in [0.3, 0.4) is 0 Å². The molecule has 0 bridgehead atoms. The predicted octanol–water partition coefficient (Wildman–Crippen LogP) is 2.01. The summed E-state index contributed by atoms with van der Waals surface area (Å²) in [6.45, 7) is 0. The van der Waals surface area contributed by atoms with E-state index in [9.17, 15) is 13.6 Å². The maximum absolute atomic E-state index is 12.0. The molecule has 0 aliphatic carbocycles. The highest BCUT2D eigenvalue weighted by Gasteiger charge is 2.20. The van der Waals surface area contributed by atoms with E-state index in [2.05, 4.69) is 0 Å². The Kier molecular flexibility index (Phi) is 2.70. The van der Waals surface area contributed by atoms with Crippen molar-refractivity contribution in [2.75, 3.05) is 0 Å². The van der Waals surface area contributed by atoms with Gasteiger partial charge < -0.3 is 0 Å². The molecule has 0 unspecified atom stereocenters. The summed E-state index contributed by atoms with van der Waals surface area (Å²) < 4.78 is 23.9. The zero-order valence-corrected chi connectivity index (χ0v) is 6.50. The first-order chi connectivity index (χ1) is 6.16. The van der Waals surface area contributed by atoms with Crippen molar-refractivity contribution in [3.05, 3.63) is 35.4 Å². The smallest absolute Gasteiger partial charge is 0.288 e. The van der Waals surface area contributed by atoms with E-state index < -0.39 is 12.2 Å². The third-order valence-electron chi connectivity index (χ3n) is 1.51. The van der Waals surface area contributed by atoms with Gasteiger partial charge in [0.25, 0.3) is 0 Å². The molecule has 0 amide bonds. The monoisotopic (exact) mass is 181 g/mol. The summed E-state index contributed by atoms with van der Waals surface area (Å²) in [4.78, 5) is 10.8. The molecular formula is C9H5F2NO. The van der Waals surface area contributed by atoms with Gasteiger partial charge in [0, 0.05) is 5.56 Å². The molecule has 0 aliphatic heterocycles. The Hall–Kier alpha value is -1.76. The number of rotatable bonds is 2. The molecule has 1 rings (SSSR count). The summed E-state index contributed by atoms with van der Waals surface area (Å²) in [5.41, 5.74) is -0.243. The zero-order chi connectivity index (χ0) is 9.84. The number of carbonyl (C=O) groups excluding carboxylic acids is 1. The van der Waals surface area contributed by atoms with Gasteiger partial charge in [-0.15, -0.1) is 0 Å². The van der Waals surface area contributed by atoms with E-state index in [1.807, 2.05) is 0 Å². The number of Topliss-reactive ketones (excluding diaryl/α,β-unsaturated/α-hetero) is 1. The molecule has 13 heavy (non-hydrogen) atoms. The molecule has 0 fully saturated rings. The fourth-order valence-electron chi connectivity index (χ4n) is 0.913. The van der Waals surface area contributed by atoms with Gasteiger partial charge >= 0.3 is 6.43 Å². The van der Waals surface area contributed by atoms with Crippen LogP contribution in [0.25, 0.3) is 0 Å². The Balaban J connectivity index is 3.15. The molecule has 1 aromatic rings. The number of hydrogen-bond donors (Lipinski definition) is 0. The number of hydrogen-bond acceptors (Lipinski definition) is 2. The molecule has 0 aliphatic rings. The number of nitriles is 1. The fraction of sp³-hybridized carbons (Fsp3) is 0.111. The number of carbonyl (C=O) groups is 1. The molecule has 0 radical (unpaired) electrons. The molecule has 66 valence electrons. The standard InChI is InChI=1S/C9H5F2NO/c10-9(11)8(13)7-4-2-1-3-6(7)5-12/h1-4,9H. The Morgan fingerprint density at radius 1 is 1.38 bits per heavy atom. The van der Waals surface area contributed by atoms with Crippen LogP contribution in [-0.2, 0) is 0 Å². The number of alkyl halides is 2. The molecule has 0 heterocycles. The molecule has 0 aromatic heterocycles. The molecule has 2 nitrogen and oxygen atoms in total. The van der Waals surface area contributed by atoms with Crippen molar-refractivity contribution in [1.29, 1.82) is 5.26 Å². The topological polar surface area (TPSA) is 40.9 Å². The highest BCUT2D eigenvalue weighted by Crippen LogP contribution is 2.12. The Morgan fingerprint density at radius 2 is 2.00 bits per heavy atom. The van der Waals surface area contributed by atoms with Crippen LogP contribution in [0.1, 0.15) is 15.9 Å². The average Bonchev–Trinajstić information content (AvgIpc) is 2.16. The van der Waals surface area contributed by atoms with Gasteiger partial charge in [0.05, 0.1) is 11.6 Å². The average molecular weight is 181 g/mol. The molecule has 0 spiro atoms. The maximum Gasteiger partial charge on any atom is 0.300 e. The van der Waals surface area contributed by atoms with Gasteiger partial charge in [0.2, 0.25) is 5.78 Å². The summed E-state index contributed by atoms with van der Waals surface area (Å²) in [6, 6.07) is 7.18. The van der Waals surface area contributed by atoms with Gasteiger partial charge in [-0.05, 0) is 12.1 Å². The second-order valence-electron chi connectivity index (χ2n) is 2.32. The van der Waals surface area contributed by atoms with Crippen LogP contribution in [0.2, 0.25) is 0 Å². The number of ketones is 1. The molecule has 0 atom stereocenters. The minimum Gasteiger partial charge on any atom is -0.288 e. The van der Waals surface area contributed by atoms with Gasteiger partial charge in [-0.2, -0.15) is 5.26 Å². The maximum atomic E-state index is 12.0. The van der Waals surface area contributed by atoms with Crippen LogP contribution >= 0.6 is 0 Å². The molecule has 1 aromatic carbocycles. The lowest BCUT2D eigenvalue weighted by molar-refractivity contribution is 0.0678. The van der Waals surface area contributed by atoms with Crippen LogP contribution in [0.5, 0.6) is 0 Å². The minimum absolute atomic E-state index is 0.0206. The Bertz CT molecular complexity index is 368. The normalized spacial score (nSPS) is 9.69. The lowest BCUT2D eigenvalue weighted by Crippen LogP contribution is -2.11. The van der Waals surface area contributed by atoms with Crippen LogP contribution in [0.15, 0.2) is 24.3 Å². The van der Waals surface area contributed by atoms with Crippen molar-refractivity contribution in [2.45, 2.75) is 6.43 Å². The largest absolute Gasteiger partial charge is 0.300 e. The van der Waals surface area contributed by atoms with Crippen molar-refractivity contribution in [3.8, 4) is 6.07 Å². The van der Waals surface area contributed by atoms with Crippen LogP contribution in [0.4, 0.5) is 8.78 Å². The fourth-order valence-corrected chi connectivity index (χ4v) is 0.913. The molecule has 0 saturated carbocycles. The summed E-state index contributed by atoms with van der Waals surface area (Å²) in [5, 5.41) is 8.50. The van der Waals surface area contributed by atoms with Gasteiger partial charge in [0.1, 0.15) is 0 Å². The van der Waals surface area contributed by atoms with Gasteiger partial charge in [-0.25, -0.2) is 8.78 Å². The number of nitrogens with zero attached hydrogens (tertiary/aromatic N) is 1. The Labute approximate surface area is 73.4 Å². The van der Waals surface area contributed by atoms with Crippen molar-refractivity contribution in [1.82, 2.24) is 0 Å². The third-order valence-corrected chi connectivity index (χ3v) is 1.51. The molecular weight excluding hydrogens is 176 g/mol. The highest BCUT2D eigenvalue weighted by atomic mass is 19.3. The number of halogens is 2. The van der Waals surface area contributed by atoms with Crippen molar-refractivity contribution in [3.63, 3.8) is 0 Å². The third kappa shape index (κ3) is 1.88. The summed E-state index contributed by atoms with van der Waals surface area (Å²) in [5.74, 6) is -1.31. The first-order valence-corrected chi connectivity index (χ1v) is 3.48. The van der Waals surface area contributed by atoms with E-state index in [1.54, 1.807) is 6.07 Å². The van der Waals surface area contributed by atoms with Gasteiger partial charge in [0.15, 0.2) is 0 Å². The van der Waals surface area contributed by atoms with Crippen LogP contribution in [-0.4, -0.2) is 12.2 Å². The number of benzene rings is 1. The van der Waals surface area contributed by atoms with Crippen molar-refractivity contribution in [2.24, 2.45) is 0 Å². The lowest BCUT2D eigenvalue weighted by atomic mass is 10.1. The van der Waals surface area contributed by atoms with E-state index >= 15 is 0 Å². The Morgan fingerprint density at radius 3 is 2.54 bits per heavy atom. The van der Waals surface area contributed by atoms with Crippen LogP contribution in [0, 0.1) is 11.3 Å². The van der Waals surface area contributed by atoms with Gasteiger partial charge in [-0.1, -0.05) is 12.1 Å². The van der Waals surface area contributed by atoms with Gasteiger partial charge in [-0.3, -0.25) is 4.79 Å². The van der Waals surface area contributed by atoms with Crippen molar-refractivity contribution >= 4 is 5.78 Å². The van der Waals surface area contributed by atoms with E-state index in [0.29, 0.717) is 0 Å². The summed E-state index contributed by atoms with van der Waals surface area (Å²) in [7, 11) is 0. The first kappa shape index (κ1) is 9.33. The van der Waals surface area contributed by atoms with E-state index in [-0.39, 0.29) is 11.1 Å². The highest BCUT2D eigenvalue weighted by molar-refractivity contribution is 6.00. The molecule has 4 heteroatoms. The van der Waals surface area contributed by atoms with E-state index in [1.165, 1.54) is 24.3 Å². The zero-order valence-electron chi connectivity index (χ0n) is 6.50. The van der Waals surface area contributed by atoms with E-state index in [4.69, 9.17) is 5.26 Å².